The van der Waals surface area contributed by atoms with Gasteiger partial charge in [-0.1, -0.05) is 13.8 Å². The van der Waals surface area contributed by atoms with Crippen molar-refractivity contribution in [3.05, 3.63) is 0 Å². The lowest BCUT2D eigenvalue weighted by atomic mass is 10.0. The minimum Gasteiger partial charge on any atom is -0.393 e. The normalized spacial score (nSPS) is 18.8. The molecular weight excluding hydrogens is 300 g/mol. The number of aliphatic hydroxyl groups excluding tert-OH is 2. The van der Waals surface area contributed by atoms with E-state index in [-0.39, 0.29) is 5.92 Å². The van der Waals surface area contributed by atoms with Gasteiger partial charge in [-0.25, -0.2) is 9.78 Å². The van der Waals surface area contributed by atoms with Crippen molar-refractivity contribution < 1.29 is 29.8 Å². The third kappa shape index (κ3) is 9.59. The summed E-state index contributed by atoms with van der Waals surface area (Å²) >= 11 is 0. The first-order valence-corrected chi connectivity index (χ1v) is 8.29. The third-order valence-corrected chi connectivity index (χ3v) is 3.49. The first-order valence-electron chi connectivity index (χ1n) is 8.29. The van der Waals surface area contributed by atoms with Gasteiger partial charge in [-0.2, -0.15) is 9.78 Å². The molecule has 0 aromatic carbocycles. The minimum atomic E-state index is -1.12. The Morgan fingerprint density at radius 3 is 1.17 bits per heavy atom. The van der Waals surface area contributed by atoms with E-state index in [2.05, 4.69) is 0 Å². The highest BCUT2D eigenvalue weighted by molar-refractivity contribution is 4.72. The van der Waals surface area contributed by atoms with Crippen molar-refractivity contribution in [2.75, 3.05) is 0 Å². The molecule has 0 aliphatic carbocycles. The topological polar surface area (TPSA) is 77.4 Å². The fourth-order valence-corrected chi connectivity index (χ4v) is 2.09. The monoisotopic (exact) mass is 336 g/mol. The van der Waals surface area contributed by atoms with Gasteiger partial charge in [0.2, 0.25) is 5.79 Å². The van der Waals surface area contributed by atoms with Crippen molar-refractivity contribution in [2.45, 2.75) is 104 Å². The van der Waals surface area contributed by atoms with Crippen LogP contribution in [-0.4, -0.2) is 39.4 Å². The van der Waals surface area contributed by atoms with Gasteiger partial charge in [0.25, 0.3) is 0 Å². The molecule has 0 heterocycles. The van der Waals surface area contributed by atoms with E-state index < -0.39 is 29.2 Å². The highest BCUT2D eigenvalue weighted by Gasteiger charge is 2.38. The van der Waals surface area contributed by atoms with E-state index in [9.17, 15) is 10.2 Å². The maximum atomic E-state index is 9.51. The molecule has 0 aliphatic rings. The van der Waals surface area contributed by atoms with Crippen LogP contribution in [-0.2, 0) is 19.6 Å². The molecule has 0 bridgehead atoms. The summed E-state index contributed by atoms with van der Waals surface area (Å²) in [6.45, 7) is 16.3. The van der Waals surface area contributed by atoms with Crippen LogP contribution in [0, 0.1) is 5.92 Å². The molecule has 0 fully saturated rings. The molecule has 0 aromatic heterocycles. The predicted molar refractivity (Wildman–Crippen MR) is 88.3 cm³/mol. The number of hydrogen-bond donors (Lipinski definition) is 2. The molecular formula is C17H36O6. The van der Waals surface area contributed by atoms with Gasteiger partial charge in [0.1, 0.15) is 11.2 Å². The summed E-state index contributed by atoms with van der Waals surface area (Å²) in [5, 5.41) is 19.0. The maximum absolute atomic E-state index is 9.51. The van der Waals surface area contributed by atoms with Gasteiger partial charge in [0, 0.05) is 18.8 Å². The molecule has 0 aliphatic heterocycles. The smallest absolute Gasteiger partial charge is 0.233 e. The van der Waals surface area contributed by atoms with Crippen molar-refractivity contribution in [1.29, 1.82) is 0 Å². The van der Waals surface area contributed by atoms with Crippen molar-refractivity contribution in [1.82, 2.24) is 0 Å². The van der Waals surface area contributed by atoms with E-state index in [1.807, 2.05) is 41.5 Å². The Hall–Kier alpha value is -0.240. The molecule has 2 atom stereocenters. The van der Waals surface area contributed by atoms with Gasteiger partial charge in [-0.15, -0.1) is 0 Å². The zero-order chi connectivity index (χ0) is 18.5. The first-order chi connectivity index (χ1) is 10.2. The lowest BCUT2D eigenvalue weighted by molar-refractivity contribution is -0.548. The molecule has 140 valence electrons. The Morgan fingerprint density at radius 1 is 0.652 bits per heavy atom. The average Bonchev–Trinajstić information content (AvgIpc) is 2.31. The second-order valence-electron chi connectivity index (χ2n) is 8.13. The number of hydrogen-bond acceptors (Lipinski definition) is 6. The van der Waals surface area contributed by atoms with E-state index in [1.165, 1.54) is 0 Å². The highest BCUT2D eigenvalue weighted by Crippen LogP contribution is 2.30. The van der Waals surface area contributed by atoms with Crippen LogP contribution in [0.1, 0.15) is 75.2 Å². The van der Waals surface area contributed by atoms with Gasteiger partial charge < -0.3 is 10.2 Å². The largest absolute Gasteiger partial charge is 0.393 e. The molecule has 0 rings (SSSR count). The maximum Gasteiger partial charge on any atom is 0.233 e. The van der Waals surface area contributed by atoms with Gasteiger partial charge in [0.05, 0.1) is 12.2 Å². The van der Waals surface area contributed by atoms with E-state index in [0.29, 0.717) is 12.8 Å². The summed E-state index contributed by atoms with van der Waals surface area (Å²) in [5.74, 6) is -1.17. The third-order valence-electron chi connectivity index (χ3n) is 3.49. The lowest BCUT2D eigenvalue weighted by Gasteiger charge is -2.37. The molecule has 2 N–H and O–H groups in total. The Labute approximate surface area is 140 Å². The molecule has 23 heavy (non-hydrogen) atoms. The fourth-order valence-electron chi connectivity index (χ4n) is 2.09. The molecule has 6 nitrogen and oxygen atoms in total. The van der Waals surface area contributed by atoms with Crippen molar-refractivity contribution in [2.24, 2.45) is 5.92 Å². The van der Waals surface area contributed by atoms with E-state index in [0.717, 1.165) is 0 Å². The zero-order valence-electron chi connectivity index (χ0n) is 16.2. The summed E-state index contributed by atoms with van der Waals surface area (Å²) in [6, 6.07) is 0. The standard InChI is InChI=1S/C17H36O6/c1-12(2)17(9,22-20-15(5,6)10-13(3)18)23-21-16(7,8)11-14(4)19/h12-14,18-19H,10-11H2,1-9H3. The quantitative estimate of drug-likeness (QED) is 0.342. The van der Waals surface area contributed by atoms with Crippen LogP contribution < -0.4 is 0 Å². The fraction of sp³-hybridized carbons (Fsp3) is 1.00. The van der Waals surface area contributed by atoms with E-state index in [4.69, 9.17) is 19.6 Å². The van der Waals surface area contributed by atoms with Crippen LogP contribution in [0.25, 0.3) is 0 Å². The summed E-state index contributed by atoms with van der Waals surface area (Å²) in [6.07, 6.45) is -0.146. The number of aliphatic hydroxyl groups is 2. The SMILES string of the molecule is CC(O)CC(C)(C)OOC(C)(OOC(C)(C)CC(C)O)C(C)C. The van der Waals surface area contributed by atoms with Crippen LogP contribution in [0.4, 0.5) is 0 Å². The highest BCUT2D eigenvalue weighted by atomic mass is 17.3. The average molecular weight is 336 g/mol. The Morgan fingerprint density at radius 2 is 0.957 bits per heavy atom. The molecule has 2 unspecified atom stereocenters. The molecule has 0 radical (unpaired) electrons. The lowest BCUT2D eigenvalue weighted by Crippen LogP contribution is -2.44. The van der Waals surface area contributed by atoms with E-state index >= 15 is 0 Å². The van der Waals surface area contributed by atoms with Gasteiger partial charge >= 0.3 is 0 Å². The predicted octanol–water partition coefficient (Wildman–Crippen LogP) is 3.35. The van der Waals surface area contributed by atoms with Crippen LogP contribution >= 0.6 is 0 Å². The second-order valence-corrected chi connectivity index (χ2v) is 8.13. The number of rotatable bonds is 11. The van der Waals surface area contributed by atoms with Crippen molar-refractivity contribution in [3.63, 3.8) is 0 Å². The van der Waals surface area contributed by atoms with Crippen LogP contribution in [0.2, 0.25) is 0 Å². The van der Waals surface area contributed by atoms with Gasteiger partial charge in [0.15, 0.2) is 0 Å². The molecule has 0 saturated carbocycles. The van der Waals surface area contributed by atoms with Gasteiger partial charge in [-0.05, 0) is 48.5 Å². The second kappa shape index (κ2) is 8.74. The Bertz CT molecular complexity index is 310. The molecule has 0 amide bonds. The summed E-state index contributed by atoms with van der Waals surface area (Å²) in [7, 11) is 0. The molecule has 0 saturated heterocycles. The molecule has 0 aromatic rings. The van der Waals surface area contributed by atoms with Crippen molar-refractivity contribution in [3.8, 4) is 0 Å². The van der Waals surface area contributed by atoms with Crippen LogP contribution in [0.5, 0.6) is 0 Å². The Kier molecular flexibility index (Phi) is 8.65. The van der Waals surface area contributed by atoms with Crippen LogP contribution in [0.3, 0.4) is 0 Å². The molecule has 0 spiro atoms. The van der Waals surface area contributed by atoms with Gasteiger partial charge in [-0.3, -0.25) is 0 Å². The minimum absolute atomic E-state index is 0.0489. The Balaban J connectivity index is 4.75. The zero-order valence-corrected chi connectivity index (χ0v) is 16.2. The first kappa shape index (κ1) is 22.8. The summed E-state index contributed by atoms with van der Waals surface area (Å²) in [4.78, 5) is 22.1. The van der Waals surface area contributed by atoms with E-state index in [1.54, 1.807) is 20.8 Å². The summed E-state index contributed by atoms with van der Waals surface area (Å²) in [5.41, 5.74) is -1.33. The van der Waals surface area contributed by atoms with Crippen molar-refractivity contribution >= 4 is 0 Å². The van der Waals surface area contributed by atoms with Crippen LogP contribution in [0.15, 0.2) is 0 Å². The molecule has 6 heteroatoms. The summed E-state index contributed by atoms with van der Waals surface area (Å²) < 4.78 is 0.